The highest BCUT2D eigenvalue weighted by Crippen LogP contribution is 2.31. The van der Waals surface area contributed by atoms with E-state index >= 15 is 0 Å². The maximum atomic E-state index is 11.2. The molecule has 0 saturated heterocycles. The average Bonchev–Trinajstić information content (AvgIpc) is 2.58. The fourth-order valence-electron chi connectivity index (χ4n) is 1.85. The topological polar surface area (TPSA) is 77.9 Å². The minimum Gasteiger partial charge on any atom is -0.497 e. The molecule has 0 saturated carbocycles. The molecule has 2 rings (SSSR count). The zero-order valence-corrected chi connectivity index (χ0v) is 13.6. The summed E-state index contributed by atoms with van der Waals surface area (Å²) in [5, 5.41) is 9.66. The summed E-state index contributed by atoms with van der Waals surface area (Å²) in [6.45, 7) is 0.120. The van der Waals surface area contributed by atoms with Gasteiger partial charge in [-0.3, -0.25) is 0 Å². The monoisotopic (exact) mass is 335 g/mol. The smallest absolute Gasteiger partial charge is 0.338 e. The summed E-state index contributed by atoms with van der Waals surface area (Å²) < 4.78 is 15.7. The van der Waals surface area contributed by atoms with Gasteiger partial charge < -0.3 is 19.3 Å². The summed E-state index contributed by atoms with van der Waals surface area (Å²) in [5.74, 6) is 0.826. The van der Waals surface area contributed by atoms with Gasteiger partial charge in [-0.05, 0) is 18.2 Å². The number of carboxylic acid groups (broad SMARTS) is 1. The first-order valence-electron chi connectivity index (χ1n) is 6.75. The van der Waals surface area contributed by atoms with Crippen molar-refractivity contribution in [3.05, 3.63) is 47.7 Å². The van der Waals surface area contributed by atoms with Crippen molar-refractivity contribution in [1.29, 1.82) is 0 Å². The lowest BCUT2D eigenvalue weighted by molar-refractivity contribution is 0.0504. The highest BCUT2D eigenvalue weighted by atomic mass is 32.2. The molecule has 1 aromatic carbocycles. The summed E-state index contributed by atoms with van der Waals surface area (Å²) in [7, 11) is 3.12. The molecule has 1 heterocycles. The molecule has 0 aliphatic heterocycles. The first-order chi connectivity index (χ1) is 11.2. The van der Waals surface area contributed by atoms with Gasteiger partial charge in [-0.1, -0.05) is 6.07 Å². The third-order valence-corrected chi connectivity index (χ3v) is 4.03. The molecular weight excluding hydrogens is 318 g/mol. The predicted octanol–water partition coefficient (Wildman–Crippen LogP) is 3.06. The van der Waals surface area contributed by atoms with Crippen molar-refractivity contribution < 1.29 is 24.1 Å². The minimum absolute atomic E-state index is 0.120. The molecular formula is C16H17NO5S. The molecule has 1 aromatic heterocycles. The van der Waals surface area contributed by atoms with E-state index in [1.54, 1.807) is 32.5 Å². The lowest BCUT2D eigenvalue weighted by Gasteiger charge is -2.12. The van der Waals surface area contributed by atoms with Gasteiger partial charge in [-0.25, -0.2) is 9.78 Å². The second kappa shape index (κ2) is 8.40. The van der Waals surface area contributed by atoms with E-state index in [0.29, 0.717) is 22.3 Å². The van der Waals surface area contributed by atoms with Gasteiger partial charge in [0.05, 0.1) is 12.7 Å². The Morgan fingerprint density at radius 1 is 1.30 bits per heavy atom. The number of ether oxygens (including phenoxy) is 3. The standard InChI is InChI=1S/C16H17NO5S/c1-20-10-22-14-8-12(21-2)6-5-11(14)9-23-15-13(16(18)19)4-3-7-17-15/h3-8H,9-10H2,1-2H3,(H,18,19). The first-order valence-corrected chi connectivity index (χ1v) is 7.74. The average molecular weight is 335 g/mol. The van der Waals surface area contributed by atoms with Crippen LogP contribution in [0.5, 0.6) is 11.5 Å². The summed E-state index contributed by atoms with van der Waals surface area (Å²) >= 11 is 1.34. The molecule has 0 bridgehead atoms. The largest absolute Gasteiger partial charge is 0.497 e. The van der Waals surface area contributed by atoms with Gasteiger partial charge in [-0.15, -0.1) is 11.8 Å². The number of carboxylic acids is 1. The van der Waals surface area contributed by atoms with Crippen molar-refractivity contribution in [2.24, 2.45) is 0 Å². The van der Waals surface area contributed by atoms with Crippen LogP contribution in [0.25, 0.3) is 0 Å². The van der Waals surface area contributed by atoms with Crippen molar-refractivity contribution >= 4 is 17.7 Å². The number of aromatic nitrogens is 1. The second-order valence-electron chi connectivity index (χ2n) is 4.47. The number of benzene rings is 1. The van der Waals surface area contributed by atoms with Gasteiger partial charge in [0.2, 0.25) is 0 Å². The van der Waals surface area contributed by atoms with Gasteiger partial charge >= 0.3 is 5.97 Å². The molecule has 2 aromatic rings. The van der Waals surface area contributed by atoms with Crippen LogP contribution in [0.1, 0.15) is 15.9 Å². The second-order valence-corrected chi connectivity index (χ2v) is 5.44. The van der Waals surface area contributed by atoms with Gasteiger partial charge in [0, 0.05) is 30.7 Å². The van der Waals surface area contributed by atoms with Crippen LogP contribution in [0.2, 0.25) is 0 Å². The number of thioether (sulfide) groups is 1. The van der Waals surface area contributed by atoms with E-state index in [0.717, 1.165) is 5.56 Å². The third-order valence-electron chi connectivity index (χ3n) is 2.97. The molecule has 0 spiro atoms. The Morgan fingerprint density at radius 3 is 2.83 bits per heavy atom. The lowest BCUT2D eigenvalue weighted by atomic mass is 10.2. The van der Waals surface area contributed by atoms with Crippen LogP contribution in [0.15, 0.2) is 41.6 Å². The molecule has 23 heavy (non-hydrogen) atoms. The van der Waals surface area contributed by atoms with Crippen LogP contribution in [0, 0.1) is 0 Å². The predicted molar refractivity (Wildman–Crippen MR) is 86.3 cm³/mol. The molecule has 6 nitrogen and oxygen atoms in total. The number of aromatic carboxylic acids is 1. The SMILES string of the molecule is COCOc1cc(OC)ccc1CSc1ncccc1C(=O)O. The Morgan fingerprint density at radius 2 is 2.13 bits per heavy atom. The van der Waals surface area contributed by atoms with Crippen LogP contribution in [0.3, 0.4) is 0 Å². The van der Waals surface area contributed by atoms with E-state index in [9.17, 15) is 9.90 Å². The van der Waals surface area contributed by atoms with Crippen molar-refractivity contribution in [2.75, 3.05) is 21.0 Å². The molecule has 1 N–H and O–H groups in total. The Hall–Kier alpha value is -2.25. The highest BCUT2D eigenvalue weighted by molar-refractivity contribution is 7.98. The molecule has 0 aliphatic rings. The van der Waals surface area contributed by atoms with E-state index in [1.165, 1.54) is 17.8 Å². The third kappa shape index (κ3) is 4.61. The van der Waals surface area contributed by atoms with E-state index in [4.69, 9.17) is 14.2 Å². The molecule has 0 amide bonds. The summed E-state index contributed by atoms with van der Waals surface area (Å²) in [4.78, 5) is 15.3. The van der Waals surface area contributed by atoms with E-state index in [2.05, 4.69) is 4.98 Å². The van der Waals surface area contributed by atoms with Crippen LogP contribution >= 0.6 is 11.8 Å². The highest BCUT2D eigenvalue weighted by Gasteiger charge is 2.13. The number of rotatable bonds is 8. The fraction of sp³-hybridized carbons (Fsp3) is 0.250. The Labute approximate surface area is 138 Å². The number of carbonyl (C=O) groups is 1. The van der Waals surface area contributed by atoms with E-state index in [1.807, 2.05) is 12.1 Å². The lowest BCUT2D eigenvalue weighted by Crippen LogP contribution is -2.03. The molecule has 0 radical (unpaired) electrons. The van der Waals surface area contributed by atoms with Gasteiger partial charge in [0.25, 0.3) is 0 Å². The van der Waals surface area contributed by atoms with Crippen LogP contribution < -0.4 is 9.47 Å². The fourth-order valence-corrected chi connectivity index (χ4v) is 2.83. The maximum absolute atomic E-state index is 11.2. The van der Waals surface area contributed by atoms with Crippen molar-refractivity contribution in [3.63, 3.8) is 0 Å². The van der Waals surface area contributed by atoms with Crippen LogP contribution in [0.4, 0.5) is 0 Å². The quantitative estimate of drug-likeness (QED) is 0.587. The molecule has 0 aliphatic carbocycles. The zero-order chi connectivity index (χ0) is 16.7. The number of methoxy groups -OCH3 is 2. The number of nitrogens with zero attached hydrogens (tertiary/aromatic N) is 1. The van der Waals surface area contributed by atoms with Crippen molar-refractivity contribution in [1.82, 2.24) is 4.98 Å². The number of hydrogen-bond acceptors (Lipinski definition) is 6. The first kappa shape index (κ1) is 17.1. The molecule has 0 fully saturated rings. The van der Waals surface area contributed by atoms with E-state index in [-0.39, 0.29) is 12.4 Å². The summed E-state index contributed by atoms with van der Waals surface area (Å²) in [5.41, 5.74) is 1.08. The van der Waals surface area contributed by atoms with Gasteiger partial charge in [0.15, 0.2) is 6.79 Å². The Balaban J connectivity index is 2.18. The van der Waals surface area contributed by atoms with Crippen LogP contribution in [-0.4, -0.2) is 37.1 Å². The van der Waals surface area contributed by atoms with Crippen molar-refractivity contribution in [3.8, 4) is 11.5 Å². The summed E-state index contributed by atoms with van der Waals surface area (Å²) in [6.07, 6.45) is 1.57. The molecule has 7 heteroatoms. The van der Waals surface area contributed by atoms with Gasteiger partial charge in [-0.2, -0.15) is 0 Å². The Kier molecular flexibility index (Phi) is 6.25. The molecule has 0 atom stereocenters. The molecule has 122 valence electrons. The minimum atomic E-state index is -0.994. The van der Waals surface area contributed by atoms with E-state index < -0.39 is 5.97 Å². The van der Waals surface area contributed by atoms with Crippen LogP contribution in [-0.2, 0) is 10.5 Å². The molecule has 0 unspecified atom stereocenters. The maximum Gasteiger partial charge on any atom is 0.338 e. The number of pyridine rings is 1. The van der Waals surface area contributed by atoms with Gasteiger partial charge in [0.1, 0.15) is 16.5 Å². The zero-order valence-electron chi connectivity index (χ0n) is 12.8. The normalized spacial score (nSPS) is 10.3. The Bertz CT molecular complexity index is 677. The summed E-state index contributed by atoms with van der Waals surface area (Å²) in [6, 6.07) is 8.61. The van der Waals surface area contributed by atoms with Crippen molar-refractivity contribution in [2.45, 2.75) is 10.8 Å². The number of hydrogen-bond donors (Lipinski definition) is 1.